The fourth-order valence-corrected chi connectivity index (χ4v) is 8.24. The van der Waals surface area contributed by atoms with Gasteiger partial charge in [-0.15, -0.1) is 0 Å². The third-order valence-corrected chi connectivity index (χ3v) is 12.5. The van der Waals surface area contributed by atoms with Crippen molar-refractivity contribution in [2.45, 2.75) is 297 Å². The summed E-state index contributed by atoms with van der Waals surface area (Å²) in [4.78, 5) is 38.1. The van der Waals surface area contributed by atoms with Gasteiger partial charge in [-0.3, -0.25) is 14.4 Å². The molecule has 0 aromatic rings. The van der Waals surface area contributed by atoms with Crippen molar-refractivity contribution in [2.75, 3.05) is 13.2 Å². The van der Waals surface area contributed by atoms with E-state index in [1.807, 2.05) is 0 Å². The number of hydrogen-bond acceptors (Lipinski definition) is 6. The lowest BCUT2D eigenvalue weighted by atomic mass is 10.0. The maximum atomic E-state index is 12.8. The van der Waals surface area contributed by atoms with Gasteiger partial charge in [0.15, 0.2) is 6.10 Å². The number of rotatable bonds is 52. The smallest absolute Gasteiger partial charge is 0.306 e. The summed E-state index contributed by atoms with van der Waals surface area (Å²) in [6.07, 6.45) is 69.4. The molecule has 388 valence electrons. The highest BCUT2D eigenvalue weighted by molar-refractivity contribution is 5.71. The van der Waals surface area contributed by atoms with Crippen LogP contribution >= 0.6 is 0 Å². The van der Waals surface area contributed by atoms with Gasteiger partial charge in [-0.05, 0) is 57.8 Å². The van der Waals surface area contributed by atoms with E-state index in [4.69, 9.17) is 14.2 Å². The number of carbonyl (C=O) groups is 3. The van der Waals surface area contributed by atoms with Crippen LogP contribution in [0, 0.1) is 0 Å². The average molecular weight is 938 g/mol. The Morgan fingerprint density at radius 3 is 0.896 bits per heavy atom. The van der Waals surface area contributed by atoms with Gasteiger partial charge in [-0.25, -0.2) is 0 Å². The molecule has 0 aliphatic carbocycles. The summed E-state index contributed by atoms with van der Waals surface area (Å²) in [5, 5.41) is 0. The monoisotopic (exact) mass is 937 g/mol. The molecule has 6 heteroatoms. The highest BCUT2D eigenvalue weighted by atomic mass is 16.6. The summed E-state index contributed by atoms with van der Waals surface area (Å²) in [6.45, 7) is 6.51. The van der Waals surface area contributed by atoms with E-state index in [-0.39, 0.29) is 37.5 Å². The van der Waals surface area contributed by atoms with Crippen LogP contribution in [0.15, 0.2) is 60.8 Å². The van der Waals surface area contributed by atoms with Gasteiger partial charge in [0.25, 0.3) is 0 Å². The largest absolute Gasteiger partial charge is 0.462 e. The van der Waals surface area contributed by atoms with Crippen LogP contribution in [0.3, 0.4) is 0 Å². The van der Waals surface area contributed by atoms with Gasteiger partial charge in [0.2, 0.25) is 0 Å². The molecule has 0 bridgehead atoms. The van der Waals surface area contributed by atoms with Gasteiger partial charge in [0, 0.05) is 19.3 Å². The molecule has 0 heterocycles. The molecule has 0 aliphatic rings. The number of carbonyl (C=O) groups excluding carboxylic acids is 3. The van der Waals surface area contributed by atoms with E-state index < -0.39 is 6.10 Å². The molecule has 67 heavy (non-hydrogen) atoms. The van der Waals surface area contributed by atoms with Crippen LogP contribution in [-0.4, -0.2) is 37.2 Å². The molecule has 6 nitrogen and oxygen atoms in total. The predicted octanol–water partition coefficient (Wildman–Crippen LogP) is 19.2. The summed E-state index contributed by atoms with van der Waals surface area (Å²) >= 11 is 0. The maximum Gasteiger partial charge on any atom is 0.306 e. The molecule has 0 rings (SSSR count). The molecule has 0 spiro atoms. The molecule has 0 radical (unpaired) electrons. The van der Waals surface area contributed by atoms with Crippen LogP contribution < -0.4 is 0 Å². The zero-order chi connectivity index (χ0) is 48.6. The van der Waals surface area contributed by atoms with Gasteiger partial charge in [-0.2, -0.15) is 0 Å². The molecule has 0 aromatic carbocycles. The minimum Gasteiger partial charge on any atom is -0.462 e. The quantitative estimate of drug-likeness (QED) is 0.0262. The van der Waals surface area contributed by atoms with Crippen LogP contribution in [0.5, 0.6) is 0 Å². The Hall–Kier alpha value is -2.89. The normalized spacial score (nSPS) is 12.5. The zero-order valence-electron chi connectivity index (χ0n) is 44.4. The maximum absolute atomic E-state index is 12.8. The van der Waals surface area contributed by atoms with Crippen LogP contribution in [0.2, 0.25) is 0 Å². The van der Waals surface area contributed by atoms with Crippen molar-refractivity contribution in [3.8, 4) is 0 Å². The van der Waals surface area contributed by atoms with Crippen molar-refractivity contribution in [3.63, 3.8) is 0 Å². The van der Waals surface area contributed by atoms with E-state index in [0.717, 1.165) is 77.0 Å². The zero-order valence-corrected chi connectivity index (χ0v) is 44.4. The lowest BCUT2D eigenvalue weighted by molar-refractivity contribution is -0.167. The van der Waals surface area contributed by atoms with Crippen LogP contribution in [0.1, 0.15) is 290 Å². The number of hydrogen-bond donors (Lipinski definition) is 0. The summed E-state index contributed by atoms with van der Waals surface area (Å²) in [6, 6.07) is 0. The highest BCUT2D eigenvalue weighted by Crippen LogP contribution is 2.17. The number of esters is 3. The first-order chi connectivity index (χ1) is 33.0. The standard InChI is InChI=1S/C61H108O6/c1-4-7-10-13-16-19-22-25-27-29-30-31-33-34-36-39-42-45-48-51-54-60(63)66-57-58(56-65-59(62)53-50-47-44-41-38-24-21-18-15-12-9-6-3)67-61(64)55-52-49-46-43-40-37-35-32-28-26-23-20-17-14-11-8-5-2/h8,11,17,20,26,28,35,37,43,46,58H,4-7,9-10,12-16,18-19,21-25,27,29-34,36,38-42,44-45,47-57H2,1-3H3/b11-8-,20-17-,28-26-,37-35-,46-43-. The predicted molar refractivity (Wildman–Crippen MR) is 288 cm³/mol. The van der Waals surface area contributed by atoms with E-state index in [9.17, 15) is 14.4 Å². The molecule has 0 aromatic heterocycles. The third-order valence-electron chi connectivity index (χ3n) is 12.5. The Labute approximate surface area is 415 Å². The van der Waals surface area contributed by atoms with Gasteiger partial charge in [0.1, 0.15) is 13.2 Å². The molecule has 0 fully saturated rings. The molecular weight excluding hydrogens is 829 g/mol. The third kappa shape index (κ3) is 53.9. The first-order valence-electron chi connectivity index (χ1n) is 28.8. The topological polar surface area (TPSA) is 78.9 Å². The molecule has 0 saturated heterocycles. The first-order valence-corrected chi connectivity index (χ1v) is 28.8. The lowest BCUT2D eigenvalue weighted by Crippen LogP contribution is -2.30. The SMILES string of the molecule is CC/C=C\C/C=C\C/C=C\C/C=C\C/C=C\CCCC(=O)OC(COC(=O)CCCCCCCCCCCCCC)COC(=O)CCCCCCCCCCCCCCCCCCCCCC. The van der Waals surface area contributed by atoms with Crippen molar-refractivity contribution >= 4 is 17.9 Å². The summed E-state index contributed by atoms with van der Waals surface area (Å²) in [5.74, 6) is -0.939. The van der Waals surface area contributed by atoms with E-state index in [0.29, 0.717) is 19.3 Å². The summed E-state index contributed by atoms with van der Waals surface area (Å²) in [5.41, 5.74) is 0. The second kappa shape index (κ2) is 55.7. The average Bonchev–Trinajstić information content (AvgIpc) is 3.33. The Balaban J connectivity index is 4.38. The van der Waals surface area contributed by atoms with Gasteiger partial charge in [-0.1, -0.05) is 274 Å². The van der Waals surface area contributed by atoms with E-state index in [2.05, 4.69) is 81.5 Å². The molecule has 0 aliphatic heterocycles. The fraction of sp³-hybridized carbons (Fsp3) is 0.787. The molecule has 0 saturated carbocycles. The number of unbranched alkanes of at least 4 members (excludes halogenated alkanes) is 31. The molecule has 1 unspecified atom stereocenters. The Morgan fingerprint density at radius 1 is 0.313 bits per heavy atom. The molecule has 1 atom stereocenters. The van der Waals surface area contributed by atoms with Crippen LogP contribution in [0.4, 0.5) is 0 Å². The number of ether oxygens (including phenoxy) is 3. The number of allylic oxidation sites excluding steroid dienone is 10. The van der Waals surface area contributed by atoms with E-state index in [1.165, 1.54) is 167 Å². The Morgan fingerprint density at radius 2 is 0.582 bits per heavy atom. The van der Waals surface area contributed by atoms with Crippen molar-refractivity contribution in [3.05, 3.63) is 60.8 Å². The van der Waals surface area contributed by atoms with Gasteiger partial charge in [0.05, 0.1) is 0 Å². The molecule has 0 N–H and O–H groups in total. The van der Waals surface area contributed by atoms with Crippen molar-refractivity contribution in [1.82, 2.24) is 0 Å². The fourth-order valence-electron chi connectivity index (χ4n) is 8.24. The second-order valence-corrected chi connectivity index (χ2v) is 19.2. The minimum atomic E-state index is -0.800. The van der Waals surface area contributed by atoms with E-state index >= 15 is 0 Å². The van der Waals surface area contributed by atoms with Crippen molar-refractivity contribution < 1.29 is 28.6 Å². The Kier molecular flexibility index (Phi) is 53.3. The van der Waals surface area contributed by atoms with E-state index in [1.54, 1.807) is 0 Å². The van der Waals surface area contributed by atoms with Gasteiger partial charge >= 0.3 is 17.9 Å². The second-order valence-electron chi connectivity index (χ2n) is 19.2. The summed E-state index contributed by atoms with van der Waals surface area (Å²) < 4.78 is 16.8. The van der Waals surface area contributed by atoms with Gasteiger partial charge < -0.3 is 14.2 Å². The Bertz CT molecular complexity index is 1210. The minimum absolute atomic E-state index is 0.0928. The lowest BCUT2D eigenvalue weighted by Gasteiger charge is -2.18. The summed E-state index contributed by atoms with van der Waals surface area (Å²) in [7, 11) is 0. The highest BCUT2D eigenvalue weighted by Gasteiger charge is 2.19. The van der Waals surface area contributed by atoms with Crippen LogP contribution in [0.25, 0.3) is 0 Å². The first kappa shape index (κ1) is 64.1. The molecule has 0 amide bonds. The van der Waals surface area contributed by atoms with Crippen LogP contribution in [-0.2, 0) is 28.6 Å². The van der Waals surface area contributed by atoms with Crippen molar-refractivity contribution in [2.24, 2.45) is 0 Å². The van der Waals surface area contributed by atoms with Crippen molar-refractivity contribution in [1.29, 1.82) is 0 Å². The molecular formula is C61H108O6.